The monoisotopic (exact) mass is 1530 g/mol. The minimum atomic E-state index is -0.847. The van der Waals surface area contributed by atoms with Crippen molar-refractivity contribution in [1.82, 2.24) is 0 Å². The van der Waals surface area contributed by atoms with Crippen molar-refractivity contribution in [2.45, 2.75) is 401 Å². The largest absolute Gasteiger partial charge is 1.00 e. The van der Waals surface area contributed by atoms with Gasteiger partial charge in [-0.25, -0.2) is 6.57 Å². The first-order valence-electron chi connectivity index (χ1n) is 41.0. The Balaban J connectivity index is 0.000000167. The van der Waals surface area contributed by atoms with Gasteiger partial charge in [-0.15, -0.1) is 0 Å². The summed E-state index contributed by atoms with van der Waals surface area (Å²) in [5.74, 6) is -1.23. The minimum absolute atomic E-state index is 0. The third-order valence-corrected chi connectivity index (χ3v) is 28.2. The number of fused-ring (bicyclic) bond motifs is 12. The van der Waals surface area contributed by atoms with Gasteiger partial charge in [0.2, 0.25) is 6.54 Å². The van der Waals surface area contributed by atoms with Crippen molar-refractivity contribution >= 4 is 11.6 Å². The molecule has 0 aromatic heterocycles. The number of aliphatic hydroxyl groups is 2. The van der Waals surface area contributed by atoms with E-state index in [0.29, 0.717) is 76.5 Å². The Kier molecular flexibility index (Phi) is 25.6. The van der Waals surface area contributed by atoms with E-state index < -0.39 is 36.0 Å². The maximum Gasteiger partial charge on any atom is 1.00 e. The van der Waals surface area contributed by atoms with E-state index in [1.165, 1.54) is 0 Å². The maximum atomic E-state index is 14.1. The molecule has 0 radical (unpaired) electrons. The van der Waals surface area contributed by atoms with Crippen molar-refractivity contribution in [3.05, 3.63) is 66.6 Å². The van der Waals surface area contributed by atoms with Gasteiger partial charge in [-0.05, 0) is 130 Å². The van der Waals surface area contributed by atoms with Crippen molar-refractivity contribution in [1.29, 1.82) is 5.26 Å². The minimum Gasteiger partial charge on any atom is -0.512 e. The average Bonchev–Trinajstić information content (AvgIpc) is 1.55. The second kappa shape index (κ2) is 34.0. The van der Waals surface area contributed by atoms with Crippen LogP contribution in [0, 0.1) is 42.1 Å². The molecule has 0 amide bonds. The van der Waals surface area contributed by atoms with E-state index in [1.54, 1.807) is 14.2 Å². The molecule has 20 fully saturated rings. The van der Waals surface area contributed by atoms with Gasteiger partial charge in [0.15, 0.2) is 11.6 Å². The number of rotatable bonds is 8. The number of hydrogen-bond acceptors (Lipinski definition) is 23. The van der Waals surface area contributed by atoms with E-state index in [2.05, 4.69) is 45.0 Å². The first-order valence-corrected chi connectivity index (χ1v) is 41.0. The van der Waals surface area contributed by atoms with Gasteiger partial charge in [0.25, 0.3) is 0 Å². The van der Waals surface area contributed by atoms with Crippen LogP contribution in [0.4, 0.5) is 0 Å². The quantitative estimate of drug-likeness (QED) is 0.151. The summed E-state index contributed by atoms with van der Waals surface area (Å²) in [6, 6.07) is 0. The number of ketones is 2. The molecule has 0 aliphatic carbocycles. The molecule has 0 aromatic carbocycles. The van der Waals surface area contributed by atoms with Gasteiger partial charge in [0.05, 0.1) is 128 Å². The third-order valence-electron chi connectivity index (χ3n) is 28.2. The van der Waals surface area contributed by atoms with Gasteiger partial charge in [0, 0.05) is 103 Å². The number of methoxy groups -OCH3 is 2. The Morgan fingerprint density at radius 3 is 1.27 bits per heavy atom. The van der Waals surface area contributed by atoms with Crippen LogP contribution in [0.3, 0.4) is 0 Å². The normalized spacial score (nSPS) is 50.5. The number of ether oxygens (including phenoxy) is 18. The van der Waals surface area contributed by atoms with Crippen molar-refractivity contribution in [3.63, 3.8) is 0 Å². The first kappa shape index (κ1) is 81.3. The second-order valence-corrected chi connectivity index (χ2v) is 35.1. The zero-order chi connectivity index (χ0) is 74.5. The Bertz CT molecular complexity index is 3320. The number of carbonyl (C=O) groups excluding carboxylic acids is 2. The standard InChI is InChI=1S/C41H57NO11.C41H60O11.CN.K/c1-20-12-25-6-8-29-21(2)13-27(46-29)10-11-41-18-34-37(52-41)38-39(51-34)40(53-41)36-30(50-38)9-7-26(48-36)14-23(43)15-28-32(17-31(47-25)22(20)3)49-33(35(28)45-5)16-24(44)19-42-4;1-6-23(42)17-33-35(44-5)28-16-24(43)15-26-8-10-30-36(47-26)40-39-38(49-30)37-34(50-39)19-41(51-37,52-40)12-11-27-14-21(3)29(45-27)9-7-25-13-20(2)22(4)31(46-25)18-32(28)48-33;1-2;/h20,24-40,44H,2-3,6-19H2,1,5H3;20,23,25-40,42H,3-4,6-19H2,1-2,5H3;;/q;;-1;+1. The van der Waals surface area contributed by atoms with Crippen LogP contribution in [0.1, 0.15) is 194 Å². The molecule has 38 atom stereocenters. The average molecular weight is 1530 g/mol. The van der Waals surface area contributed by atoms with Crippen LogP contribution in [0.25, 0.3) is 4.85 Å². The molecule has 24 bridgehead atoms. The van der Waals surface area contributed by atoms with Crippen LogP contribution in [0.2, 0.25) is 0 Å². The zero-order valence-corrected chi connectivity index (χ0v) is 67.5. The third kappa shape index (κ3) is 16.2. The first-order chi connectivity index (χ1) is 51.7. The van der Waals surface area contributed by atoms with E-state index in [4.69, 9.17) is 104 Å². The van der Waals surface area contributed by atoms with Gasteiger partial charge >= 0.3 is 51.4 Å². The predicted molar refractivity (Wildman–Crippen MR) is 381 cm³/mol. The fourth-order valence-corrected chi connectivity index (χ4v) is 22.7. The molecule has 2 N–H and O–H groups in total. The Labute approximate surface area is 680 Å². The van der Waals surface area contributed by atoms with Crippen LogP contribution < -0.4 is 51.4 Å². The summed E-state index contributed by atoms with van der Waals surface area (Å²) in [7, 11) is 3.33. The molecule has 24 nitrogen and oxygen atoms in total. The van der Waals surface area contributed by atoms with Crippen molar-refractivity contribution in [2.24, 2.45) is 23.7 Å². The number of carbonyl (C=O) groups is 2. The molecular formula is C83H117KN2O22. The Morgan fingerprint density at radius 2 is 0.843 bits per heavy atom. The zero-order valence-electron chi connectivity index (χ0n) is 64.4. The molecule has 0 saturated carbocycles. The topological polar surface area (TPSA) is 269 Å². The molecule has 0 aromatic rings. The summed E-state index contributed by atoms with van der Waals surface area (Å²) in [5, 5.41) is 27.5. The number of nitrogens with zero attached hydrogens (tertiary/aromatic N) is 2. The van der Waals surface area contributed by atoms with Crippen molar-refractivity contribution < 1.29 is 156 Å². The molecule has 20 aliphatic rings. The van der Waals surface area contributed by atoms with Crippen LogP contribution >= 0.6 is 0 Å². The molecule has 2 spiro atoms. The summed E-state index contributed by atoms with van der Waals surface area (Å²) >= 11 is 0. The molecule has 38 unspecified atom stereocenters. The molecule has 592 valence electrons. The van der Waals surface area contributed by atoms with Crippen LogP contribution in [-0.2, 0) is 94.9 Å². The Hall–Kier alpha value is -1.88. The number of aliphatic hydroxyl groups excluding tert-OH is 2. The van der Waals surface area contributed by atoms with Gasteiger partial charge in [-0.1, -0.05) is 47.1 Å². The SMILES string of the molecule is C=C1CC2CCC34CC5OC6C(OC7CCC(CC(=O)CC8C(CC9OC(CCC1O2)CC(C)C9=C)OC(CC(O)CC)C8OC)OC7C6O3)C5O4.[C-]#N.[C-]#[N+]CC(O)CC1OC2CC3OC(CCC4OC(CCC56CC7OC8C(OC9CCC(CC(=O)CC2C1OC)OC9C8O5)C7O6)CC4=C)CC(C)C3=C.[K+]. The van der Waals surface area contributed by atoms with Gasteiger partial charge in [0.1, 0.15) is 78.7 Å². The van der Waals surface area contributed by atoms with E-state index in [-0.39, 0.29) is 277 Å². The molecule has 20 heterocycles. The van der Waals surface area contributed by atoms with E-state index >= 15 is 0 Å². The summed E-state index contributed by atoms with van der Waals surface area (Å²) in [4.78, 5) is 31.5. The van der Waals surface area contributed by atoms with Gasteiger partial charge in [-0.2, -0.15) is 0 Å². The fourth-order valence-electron chi connectivity index (χ4n) is 22.7. The molecular weight excluding hydrogens is 1420 g/mol. The summed E-state index contributed by atoms with van der Waals surface area (Å²) in [5.41, 5.74) is 4.40. The molecule has 25 heteroatoms. The number of Topliss-reactive ketones (excluding diaryl/α,β-unsaturated/α-hetero) is 2. The second-order valence-electron chi connectivity index (χ2n) is 35.1. The van der Waals surface area contributed by atoms with Crippen LogP contribution in [0.5, 0.6) is 0 Å². The maximum absolute atomic E-state index is 14.1. The van der Waals surface area contributed by atoms with Gasteiger partial charge < -0.3 is 112 Å². The smallest absolute Gasteiger partial charge is 0.512 e. The van der Waals surface area contributed by atoms with Gasteiger partial charge in [-0.3, -0.25) is 9.59 Å². The molecule has 108 heavy (non-hydrogen) atoms. The van der Waals surface area contributed by atoms with Crippen molar-refractivity contribution in [3.8, 4) is 0 Å². The summed E-state index contributed by atoms with van der Waals surface area (Å²) in [6.07, 6.45) is 10.5. The van der Waals surface area contributed by atoms with Crippen LogP contribution in [-0.4, -0.2) is 249 Å². The molecule has 20 rings (SSSR count). The molecule has 20 aliphatic heterocycles. The predicted octanol–water partition coefficient (Wildman–Crippen LogP) is 6.39. The van der Waals surface area contributed by atoms with E-state index in [0.717, 1.165) is 106 Å². The molecule has 20 saturated heterocycles. The fraction of sp³-hybridized carbons (Fsp3) is 0.855. The van der Waals surface area contributed by atoms with E-state index in [9.17, 15) is 19.8 Å². The number of hydrogen-bond donors (Lipinski definition) is 2. The summed E-state index contributed by atoms with van der Waals surface area (Å²) in [6.45, 7) is 36.2. The Morgan fingerprint density at radius 1 is 0.454 bits per heavy atom. The summed E-state index contributed by atoms with van der Waals surface area (Å²) < 4.78 is 120. The van der Waals surface area contributed by atoms with E-state index in [1.807, 2.05) is 6.92 Å². The van der Waals surface area contributed by atoms with Crippen molar-refractivity contribution in [2.75, 3.05) is 20.8 Å². The van der Waals surface area contributed by atoms with Crippen LogP contribution in [0.15, 0.2) is 48.6 Å².